The molecular weight excluding hydrogens is 268 g/mol. The van der Waals surface area contributed by atoms with Crippen LogP contribution in [0.4, 0.5) is 0 Å². The minimum absolute atomic E-state index is 0.0902. The summed E-state index contributed by atoms with van der Waals surface area (Å²) in [5.74, 6) is 0.0535. The Morgan fingerprint density at radius 2 is 2.10 bits per heavy atom. The van der Waals surface area contributed by atoms with Crippen molar-refractivity contribution >= 4 is 5.97 Å². The van der Waals surface area contributed by atoms with Gasteiger partial charge in [-0.3, -0.25) is 4.79 Å². The summed E-state index contributed by atoms with van der Waals surface area (Å²) < 4.78 is 11.2. The van der Waals surface area contributed by atoms with E-state index in [1.165, 1.54) is 0 Å². The third kappa shape index (κ3) is 2.91. The highest BCUT2D eigenvalue weighted by Gasteiger charge is 2.41. The van der Waals surface area contributed by atoms with Gasteiger partial charge in [-0.1, -0.05) is 31.4 Å². The summed E-state index contributed by atoms with van der Waals surface area (Å²) >= 11 is 0. The predicted molar refractivity (Wildman–Crippen MR) is 78.7 cm³/mol. The summed E-state index contributed by atoms with van der Waals surface area (Å²) in [7, 11) is 0. The van der Waals surface area contributed by atoms with E-state index in [0.29, 0.717) is 6.61 Å². The van der Waals surface area contributed by atoms with Gasteiger partial charge in [0.2, 0.25) is 0 Å². The topological polar surface area (TPSA) is 55.8 Å². The summed E-state index contributed by atoms with van der Waals surface area (Å²) in [5.41, 5.74) is 0.148. The summed E-state index contributed by atoms with van der Waals surface area (Å²) in [6.07, 6.45) is 5.52. The molecule has 4 heteroatoms. The maximum Gasteiger partial charge on any atom is 0.314 e. The Morgan fingerprint density at radius 3 is 2.76 bits per heavy atom. The van der Waals surface area contributed by atoms with Crippen molar-refractivity contribution in [1.82, 2.24) is 0 Å². The molecule has 1 unspecified atom stereocenters. The van der Waals surface area contributed by atoms with Crippen molar-refractivity contribution in [3.63, 3.8) is 0 Å². The van der Waals surface area contributed by atoms with Crippen molar-refractivity contribution in [2.24, 2.45) is 0 Å². The first kappa shape index (κ1) is 14.4. The number of ether oxygens (including phenoxy) is 2. The van der Waals surface area contributed by atoms with E-state index in [2.05, 4.69) is 0 Å². The summed E-state index contributed by atoms with van der Waals surface area (Å²) in [4.78, 5) is 11.9. The van der Waals surface area contributed by atoms with E-state index in [1.807, 2.05) is 24.3 Å². The summed E-state index contributed by atoms with van der Waals surface area (Å²) in [5, 5.41) is 9.76. The molecule has 1 saturated heterocycles. The van der Waals surface area contributed by atoms with E-state index in [9.17, 15) is 9.90 Å². The van der Waals surface area contributed by atoms with Gasteiger partial charge < -0.3 is 14.6 Å². The summed E-state index contributed by atoms with van der Waals surface area (Å²) in [6, 6.07) is 7.65. The van der Waals surface area contributed by atoms with Crippen LogP contribution in [0.3, 0.4) is 0 Å². The van der Waals surface area contributed by atoms with Crippen LogP contribution in [0.2, 0.25) is 0 Å². The predicted octanol–water partition coefficient (Wildman–Crippen LogP) is 3.14. The smallest absolute Gasteiger partial charge is 0.314 e. The molecule has 114 valence electrons. The molecule has 1 aliphatic carbocycles. The van der Waals surface area contributed by atoms with Crippen LogP contribution in [0.25, 0.3) is 0 Å². The molecule has 0 aromatic heterocycles. The lowest BCUT2D eigenvalue weighted by molar-refractivity contribution is -0.145. The largest absolute Gasteiger partial charge is 0.488 e. The minimum Gasteiger partial charge on any atom is -0.488 e. The Kier molecular flexibility index (Phi) is 4.15. The molecule has 2 aliphatic rings. The van der Waals surface area contributed by atoms with Gasteiger partial charge in [-0.05, 0) is 30.5 Å². The zero-order valence-corrected chi connectivity index (χ0v) is 12.2. The molecule has 0 bridgehead atoms. The van der Waals surface area contributed by atoms with Crippen LogP contribution in [0.15, 0.2) is 24.3 Å². The Hall–Kier alpha value is -1.55. The van der Waals surface area contributed by atoms with Crippen molar-refractivity contribution in [3.8, 4) is 5.75 Å². The van der Waals surface area contributed by atoms with E-state index >= 15 is 0 Å². The van der Waals surface area contributed by atoms with E-state index in [4.69, 9.17) is 9.47 Å². The summed E-state index contributed by atoms with van der Waals surface area (Å²) in [6.45, 7) is 1.36. The molecule has 4 nitrogen and oxygen atoms in total. The molecule has 1 aliphatic heterocycles. The number of rotatable bonds is 4. The number of aliphatic carboxylic acids is 1. The second-order valence-electron chi connectivity index (χ2n) is 6.08. The molecule has 21 heavy (non-hydrogen) atoms. The normalized spacial score (nSPS) is 24.7. The molecule has 0 radical (unpaired) electrons. The maximum atomic E-state index is 11.9. The van der Waals surface area contributed by atoms with Crippen LogP contribution >= 0.6 is 0 Å². The number of carboxylic acids is 1. The van der Waals surface area contributed by atoms with Gasteiger partial charge in [0.1, 0.15) is 11.9 Å². The fraction of sp³-hybridized carbons (Fsp3) is 0.588. The van der Waals surface area contributed by atoms with Crippen molar-refractivity contribution in [2.75, 3.05) is 13.2 Å². The van der Waals surface area contributed by atoms with Gasteiger partial charge in [-0.2, -0.15) is 0 Å². The Balaban J connectivity index is 1.84. The first-order valence-electron chi connectivity index (χ1n) is 7.79. The van der Waals surface area contributed by atoms with Gasteiger partial charge in [-0.25, -0.2) is 0 Å². The van der Waals surface area contributed by atoms with Crippen molar-refractivity contribution < 1.29 is 19.4 Å². The highest BCUT2D eigenvalue weighted by atomic mass is 16.5. The number of benzene rings is 1. The Bertz CT molecular complexity index is 499. The monoisotopic (exact) mass is 290 g/mol. The van der Waals surface area contributed by atoms with E-state index in [1.54, 1.807) is 0 Å². The van der Waals surface area contributed by atoms with Gasteiger partial charge in [0.25, 0.3) is 0 Å². The molecule has 1 heterocycles. The molecule has 1 saturated carbocycles. The van der Waals surface area contributed by atoms with Crippen LogP contribution in [0, 0.1) is 0 Å². The SMILES string of the molecule is O=C(O)C1(c2cccc(OC3CCOC3)c2)CCCCC1. The first-order chi connectivity index (χ1) is 10.2. The van der Waals surface area contributed by atoms with Gasteiger partial charge >= 0.3 is 5.97 Å². The molecule has 1 N–H and O–H groups in total. The van der Waals surface area contributed by atoms with Crippen LogP contribution in [-0.4, -0.2) is 30.4 Å². The van der Waals surface area contributed by atoms with Gasteiger partial charge in [0, 0.05) is 6.42 Å². The first-order valence-corrected chi connectivity index (χ1v) is 7.79. The van der Waals surface area contributed by atoms with E-state index in [0.717, 1.165) is 56.4 Å². The molecule has 1 aromatic carbocycles. The lowest BCUT2D eigenvalue weighted by atomic mass is 9.69. The average molecular weight is 290 g/mol. The Morgan fingerprint density at radius 1 is 1.29 bits per heavy atom. The highest BCUT2D eigenvalue weighted by molar-refractivity contribution is 5.81. The number of hydrogen-bond donors (Lipinski definition) is 1. The molecule has 1 atom stereocenters. The van der Waals surface area contributed by atoms with Crippen LogP contribution in [0.5, 0.6) is 5.75 Å². The lowest BCUT2D eigenvalue weighted by Gasteiger charge is -2.33. The number of carboxylic acid groups (broad SMARTS) is 1. The number of hydrogen-bond acceptors (Lipinski definition) is 3. The van der Waals surface area contributed by atoms with Crippen molar-refractivity contribution in [3.05, 3.63) is 29.8 Å². The fourth-order valence-electron chi connectivity index (χ4n) is 3.45. The fourth-order valence-corrected chi connectivity index (χ4v) is 3.45. The van der Waals surface area contributed by atoms with E-state index < -0.39 is 11.4 Å². The molecule has 0 amide bonds. The molecule has 1 aromatic rings. The van der Waals surface area contributed by atoms with Crippen LogP contribution < -0.4 is 4.74 Å². The Labute approximate surface area is 125 Å². The zero-order chi connectivity index (χ0) is 14.7. The highest BCUT2D eigenvalue weighted by Crippen LogP contribution is 2.40. The quantitative estimate of drug-likeness (QED) is 0.925. The third-order valence-electron chi connectivity index (χ3n) is 4.69. The molecule has 0 spiro atoms. The third-order valence-corrected chi connectivity index (χ3v) is 4.69. The average Bonchev–Trinajstić information content (AvgIpc) is 3.01. The number of carbonyl (C=O) groups is 1. The van der Waals surface area contributed by atoms with Gasteiger partial charge in [0.15, 0.2) is 0 Å². The standard InChI is InChI=1S/C17H22O4/c18-16(19)17(8-2-1-3-9-17)13-5-4-6-14(11-13)21-15-7-10-20-12-15/h4-6,11,15H,1-3,7-10,12H2,(H,18,19). The lowest BCUT2D eigenvalue weighted by Crippen LogP contribution is -2.37. The van der Waals surface area contributed by atoms with Gasteiger partial charge in [-0.15, -0.1) is 0 Å². The van der Waals surface area contributed by atoms with Crippen molar-refractivity contribution in [1.29, 1.82) is 0 Å². The second kappa shape index (κ2) is 6.06. The van der Waals surface area contributed by atoms with Crippen LogP contribution in [0.1, 0.15) is 44.1 Å². The zero-order valence-electron chi connectivity index (χ0n) is 12.2. The van der Waals surface area contributed by atoms with Crippen molar-refractivity contribution in [2.45, 2.75) is 50.0 Å². The molecular formula is C17H22O4. The van der Waals surface area contributed by atoms with Crippen LogP contribution in [-0.2, 0) is 14.9 Å². The van der Waals surface area contributed by atoms with Gasteiger partial charge in [0.05, 0.1) is 18.6 Å². The maximum absolute atomic E-state index is 11.9. The minimum atomic E-state index is -0.732. The van der Waals surface area contributed by atoms with E-state index in [-0.39, 0.29) is 6.10 Å². The second-order valence-corrected chi connectivity index (χ2v) is 6.08. The molecule has 2 fully saturated rings. The molecule has 3 rings (SSSR count).